The van der Waals surface area contributed by atoms with Gasteiger partial charge in [0.2, 0.25) is 0 Å². The highest BCUT2D eigenvalue weighted by atomic mass is 35.5. The third-order valence-corrected chi connectivity index (χ3v) is 6.09. The van der Waals surface area contributed by atoms with E-state index in [0.29, 0.717) is 5.92 Å². The van der Waals surface area contributed by atoms with Gasteiger partial charge in [0.1, 0.15) is 4.87 Å². The van der Waals surface area contributed by atoms with Crippen molar-refractivity contribution >= 4 is 22.9 Å². The molecular weight excluding hydrogens is 288 g/mol. The molecule has 106 valence electrons. The van der Waals surface area contributed by atoms with E-state index in [1.54, 1.807) is 11.3 Å². The smallest absolute Gasteiger partial charge is 0.124 e. The monoisotopic (exact) mass is 306 g/mol. The maximum atomic E-state index is 7.24. The van der Waals surface area contributed by atoms with Crippen LogP contribution in [0.2, 0.25) is 0 Å². The number of piperidine rings is 1. The van der Waals surface area contributed by atoms with Crippen LogP contribution in [0.4, 0.5) is 0 Å². The zero-order valence-corrected chi connectivity index (χ0v) is 13.2. The largest absolute Gasteiger partial charge is 0.317 e. The summed E-state index contributed by atoms with van der Waals surface area (Å²) in [5, 5.41) is 5.55. The van der Waals surface area contributed by atoms with Gasteiger partial charge >= 0.3 is 0 Å². The number of hydrogen-bond donors (Lipinski definition) is 1. The topological polar surface area (TPSA) is 24.9 Å². The minimum absolute atomic E-state index is 0.428. The molecule has 0 saturated carbocycles. The molecule has 4 heteroatoms. The van der Waals surface area contributed by atoms with Crippen LogP contribution < -0.4 is 5.32 Å². The normalized spacial score (nSPS) is 19.7. The minimum Gasteiger partial charge on any atom is -0.317 e. The Morgan fingerprint density at radius 2 is 2.10 bits per heavy atom. The van der Waals surface area contributed by atoms with Crippen molar-refractivity contribution in [1.29, 1.82) is 0 Å². The molecule has 3 rings (SSSR count). The van der Waals surface area contributed by atoms with E-state index in [1.807, 2.05) is 18.3 Å². The molecular formula is C16H19ClN2S. The first kappa shape index (κ1) is 14.1. The molecule has 0 radical (unpaired) electrons. The summed E-state index contributed by atoms with van der Waals surface area (Å²) in [6, 6.07) is 8.20. The maximum absolute atomic E-state index is 7.24. The summed E-state index contributed by atoms with van der Waals surface area (Å²) in [6.07, 6.45) is 4.03. The van der Waals surface area contributed by atoms with Crippen molar-refractivity contribution in [3.05, 3.63) is 52.0 Å². The fraction of sp³-hybridized carbons (Fsp3) is 0.438. The van der Waals surface area contributed by atoms with Gasteiger partial charge in [-0.15, -0.1) is 22.9 Å². The number of pyridine rings is 1. The second-order valence-electron chi connectivity index (χ2n) is 5.38. The van der Waals surface area contributed by atoms with Crippen LogP contribution in [0.3, 0.4) is 0 Å². The molecule has 1 saturated heterocycles. The number of nitrogens with one attached hydrogen (secondary N) is 1. The Hall–Kier alpha value is -0.900. The van der Waals surface area contributed by atoms with Crippen LogP contribution in [0, 0.1) is 12.8 Å². The summed E-state index contributed by atoms with van der Waals surface area (Å²) in [5.41, 5.74) is 2.26. The molecule has 1 aliphatic rings. The van der Waals surface area contributed by atoms with Crippen LogP contribution >= 0.6 is 22.9 Å². The van der Waals surface area contributed by atoms with Gasteiger partial charge in [-0.2, -0.15) is 0 Å². The predicted molar refractivity (Wildman–Crippen MR) is 85.5 cm³/mol. The molecule has 1 atom stereocenters. The van der Waals surface area contributed by atoms with Crippen molar-refractivity contribution < 1.29 is 0 Å². The van der Waals surface area contributed by atoms with Crippen LogP contribution in [0.25, 0.3) is 0 Å². The van der Waals surface area contributed by atoms with E-state index < -0.39 is 4.87 Å². The number of thiophene rings is 1. The molecule has 1 aliphatic heterocycles. The van der Waals surface area contributed by atoms with Gasteiger partial charge in [0.05, 0.1) is 5.69 Å². The van der Waals surface area contributed by atoms with Crippen molar-refractivity contribution in [3.8, 4) is 0 Å². The minimum atomic E-state index is -0.485. The number of aromatic nitrogens is 1. The number of hydrogen-bond acceptors (Lipinski definition) is 3. The van der Waals surface area contributed by atoms with Gasteiger partial charge in [-0.05, 0) is 67.9 Å². The van der Waals surface area contributed by atoms with E-state index >= 15 is 0 Å². The van der Waals surface area contributed by atoms with E-state index in [-0.39, 0.29) is 0 Å². The number of halogens is 1. The van der Waals surface area contributed by atoms with Gasteiger partial charge in [0.25, 0.3) is 0 Å². The fourth-order valence-corrected chi connectivity index (χ4v) is 4.77. The SMILES string of the molecule is Cc1ccsc1C(Cl)(c1ccccn1)C1CCNCC1. The number of alkyl halides is 1. The maximum Gasteiger partial charge on any atom is 0.124 e. The van der Waals surface area contributed by atoms with Crippen molar-refractivity contribution in [2.24, 2.45) is 5.92 Å². The second kappa shape index (κ2) is 5.84. The molecule has 20 heavy (non-hydrogen) atoms. The van der Waals surface area contributed by atoms with Gasteiger partial charge in [-0.3, -0.25) is 4.98 Å². The number of rotatable bonds is 3. The fourth-order valence-electron chi connectivity index (χ4n) is 3.05. The van der Waals surface area contributed by atoms with Gasteiger partial charge in [-0.1, -0.05) is 6.07 Å². The molecule has 2 aromatic heterocycles. The Labute approximate surface area is 129 Å². The van der Waals surface area contributed by atoms with Crippen LogP contribution in [-0.4, -0.2) is 18.1 Å². The Morgan fingerprint density at radius 1 is 1.30 bits per heavy atom. The standard InChI is InChI=1S/C16H19ClN2S/c1-12-7-11-20-15(12)16(17,13-5-9-18-10-6-13)14-4-2-3-8-19-14/h2-4,7-8,11,13,18H,5-6,9-10H2,1H3. The molecule has 1 unspecified atom stereocenters. The van der Waals surface area contributed by atoms with E-state index in [2.05, 4.69) is 34.7 Å². The van der Waals surface area contributed by atoms with E-state index in [4.69, 9.17) is 11.6 Å². The lowest BCUT2D eigenvalue weighted by atomic mass is 9.80. The van der Waals surface area contributed by atoms with Crippen LogP contribution in [0.15, 0.2) is 35.8 Å². The Kier molecular flexibility index (Phi) is 4.11. The average molecular weight is 307 g/mol. The summed E-state index contributed by atoms with van der Waals surface area (Å²) in [4.78, 5) is 5.35. The van der Waals surface area contributed by atoms with E-state index in [1.165, 1.54) is 10.4 Å². The predicted octanol–water partition coefficient (Wildman–Crippen LogP) is 3.93. The lowest BCUT2D eigenvalue weighted by Gasteiger charge is -2.37. The highest BCUT2D eigenvalue weighted by Gasteiger charge is 2.43. The summed E-state index contributed by atoms with van der Waals surface area (Å²) < 4.78 is 0. The highest BCUT2D eigenvalue weighted by Crippen LogP contribution is 2.48. The lowest BCUT2D eigenvalue weighted by Crippen LogP contribution is -2.39. The lowest BCUT2D eigenvalue weighted by molar-refractivity contribution is 0.314. The van der Waals surface area contributed by atoms with Crippen LogP contribution in [-0.2, 0) is 4.87 Å². The van der Waals surface area contributed by atoms with Crippen LogP contribution in [0.1, 0.15) is 29.0 Å². The first-order valence-electron chi connectivity index (χ1n) is 7.08. The Balaban J connectivity index is 2.09. The average Bonchev–Trinajstić information content (AvgIpc) is 2.95. The van der Waals surface area contributed by atoms with Gasteiger partial charge in [0.15, 0.2) is 0 Å². The number of nitrogens with zero attached hydrogens (tertiary/aromatic N) is 1. The van der Waals surface area contributed by atoms with Crippen LogP contribution in [0.5, 0.6) is 0 Å². The molecule has 3 heterocycles. The van der Waals surface area contributed by atoms with Crippen molar-refractivity contribution in [3.63, 3.8) is 0 Å². The van der Waals surface area contributed by atoms with Gasteiger partial charge < -0.3 is 5.32 Å². The molecule has 0 amide bonds. The van der Waals surface area contributed by atoms with Gasteiger partial charge in [-0.25, -0.2) is 0 Å². The zero-order chi connectivity index (χ0) is 14.0. The van der Waals surface area contributed by atoms with E-state index in [9.17, 15) is 0 Å². The first-order chi connectivity index (χ1) is 9.73. The summed E-state index contributed by atoms with van der Waals surface area (Å²) in [5.74, 6) is 0.428. The Morgan fingerprint density at radius 3 is 2.70 bits per heavy atom. The molecule has 0 spiro atoms. The third-order valence-electron chi connectivity index (χ3n) is 4.13. The molecule has 0 bridgehead atoms. The first-order valence-corrected chi connectivity index (χ1v) is 8.34. The summed E-state index contributed by atoms with van der Waals surface area (Å²) in [7, 11) is 0. The van der Waals surface area contributed by atoms with E-state index in [0.717, 1.165) is 31.6 Å². The summed E-state index contributed by atoms with van der Waals surface area (Å²) in [6.45, 7) is 4.22. The van der Waals surface area contributed by atoms with Crippen molar-refractivity contribution in [1.82, 2.24) is 10.3 Å². The summed E-state index contributed by atoms with van der Waals surface area (Å²) >= 11 is 8.99. The van der Waals surface area contributed by atoms with Crippen molar-refractivity contribution in [2.75, 3.05) is 13.1 Å². The van der Waals surface area contributed by atoms with Crippen molar-refractivity contribution in [2.45, 2.75) is 24.6 Å². The highest BCUT2D eigenvalue weighted by molar-refractivity contribution is 7.10. The number of aryl methyl sites for hydroxylation is 1. The molecule has 2 aromatic rings. The Bertz CT molecular complexity index is 563. The molecule has 0 aromatic carbocycles. The third kappa shape index (κ3) is 2.39. The zero-order valence-electron chi connectivity index (χ0n) is 11.6. The molecule has 1 N–H and O–H groups in total. The second-order valence-corrected chi connectivity index (χ2v) is 6.90. The molecule has 1 fully saturated rings. The van der Waals surface area contributed by atoms with Gasteiger partial charge in [0, 0.05) is 11.1 Å². The molecule has 2 nitrogen and oxygen atoms in total. The quantitative estimate of drug-likeness (QED) is 0.869. The molecule has 0 aliphatic carbocycles.